The maximum absolute atomic E-state index is 12.6. The minimum atomic E-state index is -3.63. The standard InChI is InChI=1S/C18H24N2O4S/c1-5-17(18(21)19-12-16-7-6-10-24-16)20(25(4,22)23)15-9-8-13(2)14(3)11-15/h6-11,17H,5,12H2,1-4H3,(H,19,21)/t17-/m1/s1. The fraction of sp³-hybridized carbons (Fsp3) is 0.389. The minimum Gasteiger partial charge on any atom is -0.467 e. The number of nitrogens with one attached hydrogen (secondary N) is 1. The van der Waals surface area contributed by atoms with Crippen LogP contribution < -0.4 is 9.62 Å². The van der Waals surface area contributed by atoms with Crippen LogP contribution >= 0.6 is 0 Å². The first-order valence-corrected chi connectivity index (χ1v) is 9.95. The third-order valence-electron chi connectivity index (χ3n) is 4.09. The lowest BCUT2D eigenvalue weighted by molar-refractivity contribution is -0.122. The SMILES string of the molecule is CC[C@H](C(=O)NCc1ccco1)N(c1ccc(C)c(C)c1)S(C)(=O)=O. The van der Waals surface area contributed by atoms with E-state index in [2.05, 4.69) is 5.32 Å². The molecule has 2 aromatic rings. The van der Waals surface area contributed by atoms with Gasteiger partial charge in [0.25, 0.3) is 0 Å². The van der Waals surface area contributed by atoms with Crippen LogP contribution in [0.1, 0.15) is 30.2 Å². The number of anilines is 1. The molecule has 2 rings (SSSR count). The van der Waals surface area contributed by atoms with E-state index in [1.165, 1.54) is 10.6 Å². The Morgan fingerprint density at radius 3 is 2.48 bits per heavy atom. The van der Waals surface area contributed by atoms with Crippen molar-refractivity contribution in [3.05, 3.63) is 53.5 Å². The maximum Gasteiger partial charge on any atom is 0.244 e. The summed E-state index contributed by atoms with van der Waals surface area (Å²) in [5.41, 5.74) is 2.52. The highest BCUT2D eigenvalue weighted by molar-refractivity contribution is 7.92. The minimum absolute atomic E-state index is 0.215. The number of hydrogen-bond acceptors (Lipinski definition) is 4. The third kappa shape index (κ3) is 4.63. The molecule has 0 unspecified atom stereocenters. The molecule has 136 valence electrons. The number of furan rings is 1. The molecule has 1 aromatic heterocycles. The number of carbonyl (C=O) groups is 1. The highest BCUT2D eigenvalue weighted by Crippen LogP contribution is 2.25. The number of rotatable bonds is 7. The number of aryl methyl sites for hydroxylation is 2. The molecule has 0 aliphatic rings. The van der Waals surface area contributed by atoms with Crippen LogP contribution in [0.25, 0.3) is 0 Å². The van der Waals surface area contributed by atoms with E-state index >= 15 is 0 Å². The zero-order valence-corrected chi connectivity index (χ0v) is 15.8. The normalized spacial score (nSPS) is 12.6. The molecular weight excluding hydrogens is 340 g/mol. The van der Waals surface area contributed by atoms with Gasteiger partial charge in [0.1, 0.15) is 11.8 Å². The van der Waals surface area contributed by atoms with Crippen molar-refractivity contribution in [2.24, 2.45) is 0 Å². The zero-order valence-electron chi connectivity index (χ0n) is 14.9. The third-order valence-corrected chi connectivity index (χ3v) is 5.27. The number of nitrogens with zero attached hydrogens (tertiary/aromatic N) is 1. The van der Waals surface area contributed by atoms with Gasteiger partial charge in [0.2, 0.25) is 15.9 Å². The smallest absolute Gasteiger partial charge is 0.244 e. The highest BCUT2D eigenvalue weighted by atomic mass is 32.2. The Hall–Kier alpha value is -2.28. The Morgan fingerprint density at radius 2 is 1.96 bits per heavy atom. The van der Waals surface area contributed by atoms with Crippen LogP contribution in [0.5, 0.6) is 0 Å². The Morgan fingerprint density at radius 1 is 1.24 bits per heavy atom. The summed E-state index contributed by atoms with van der Waals surface area (Å²) >= 11 is 0. The van der Waals surface area contributed by atoms with Gasteiger partial charge in [0.05, 0.1) is 24.8 Å². The summed E-state index contributed by atoms with van der Waals surface area (Å²) in [5.74, 6) is 0.253. The van der Waals surface area contributed by atoms with Crippen molar-refractivity contribution in [3.63, 3.8) is 0 Å². The number of sulfonamides is 1. The number of benzene rings is 1. The van der Waals surface area contributed by atoms with Crippen molar-refractivity contribution in [2.45, 2.75) is 39.8 Å². The summed E-state index contributed by atoms with van der Waals surface area (Å²) in [4.78, 5) is 12.6. The van der Waals surface area contributed by atoms with Gasteiger partial charge in [-0.15, -0.1) is 0 Å². The van der Waals surface area contributed by atoms with Crippen molar-refractivity contribution in [1.29, 1.82) is 0 Å². The molecule has 0 fully saturated rings. The van der Waals surface area contributed by atoms with Crippen molar-refractivity contribution >= 4 is 21.6 Å². The largest absolute Gasteiger partial charge is 0.467 e. The number of carbonyl (C=O) groups excluding carboxylic acids is 1. The molecule has 0 spiro atoms. The average Bonchev–Trinajstić information content (AvgIpc) is 3.05. The molecule has 1 aromatic carbocycles. The van der Waals surface area contributed by atoms with Crippen LogP contribution in [0.3, 0.4) is 0 Å². The molecule has 0 saturated carbocycles. The molecule has 1 amide bonds. The molecule has 0 aliphatic carbocycles. The Labute approximate surface area is 148 Å². The van der Waals surface area contributed by atoms with Gasteiger partial charge < -0.3 is 9.73 Å². The average molecular weight is 364 g/mol. The molecular formula is C18H24N2O4S. The fourth-order valence-corrected chi connectivity index (χ4v) is 3.83. The van der Waals surface area contributed by atoms with Gasteiger partial charge in [-0.1, -0.05) is 13.0 Å². The van der Waals surface area contributed by atoms with Gasteiger partial charge in [0.15, 0.2) is 0 Å². The van der Waals surface area contributed by atoms with E-state index < -0.39 is 16.1 Å². The predicted molar refractivity (Wildman–Crippen MR) is 97.9 cm³/mol. The van der Waals surface area contributed by atoms with E-state index in [9.17, 15) is 13.2 Å². The summed E-state index contributed by atoms with van der Waals surface area (Å²) in [6.07, 6.45) is 2.99. The number of hydrogen-bond donors (Lipinski definition) is 1. The molecule has 25 heavy (non-hydrogen) atoms. The van der Waals surface area contributed by atoms with E-state index in [1.807, 2.05) is 19.9 Å². The topological polar surface area (TPSA) is 79.6 Å². The van der Waals surface area contributed by atoms with E-state index in [1.54, 1.807) is 31.2 Å². The van der Waals surface area contributed by atoms with Gasteiger partial charge in [-0.2, -0.15) is 0 Å². The van der Waals surface area contributed by atoms with E-state index in [0.717, 1.165) is 17.4 Å². The fourth-order valence-electron chi connectivity index (χ4n) is 2.63. The zero-order chi connectivity index (χ0) is 18.6. The maximum atomic E-state index is 12.6. The van der Waals surface area contributed by atoms with Crippen LogP contribution in [0, 0.1) is 13.8 Å². The van der Waals surface area contributed by atoms with Crippen LogP contribution in [0.4, 0.5) is 5.69 Å². The monoisotopic (exact) mass is 364 g/mol. The van der Waals surface area contributed by atoms with E-state index in [-0.39, 0.29) is 12.5 Å². The molecule has 7 heteroatoms. The molecule has 1 heterocycles. The van der Waals surface area contributed by atoms with Crippen LogP contribution in [-0.2, 0) is 21.4 Å². The lowest BCUT2D eigenvalue weighted by Crippen LogP contribution is -2.49. The molecule has 1 N–H and O–H groups in total. The highest BCUT2D eigenvalue weighted by Gasteiger charge is 2.31. The molecule has 0 bridgehead atoms. The van der Waals surface area contributed by atoms with E-state index in [0.29, 0.717) is 17.9 Å². The second-order valence-corrected chi connectivity index (χ2v) is 7.91. The Kier molecular flexibility index (Phi) is 5.89. The Bertz CT molecular complexity index is 829. The summed E-state index contributed by atoms with van der Waals surface area (Å²) in [5, 5.41) is 2.75. The van der Waals surface area contributed by atoms with Crippen LogP contribution in [0.2, 0.25) is 0 Å². The second-order valence-electron chi connectivity index (χ2n) is 6.05. The quantitative estimate of drug-likeness (QED) is 0.819. The molecule has 0 radical (unpaired) electrons. The Balaban J connectivity index is 2.30. The lowest BCUT2D eigenvalue weighted by Gasteiger charge is -2.30. The second kappa shape index (κ2) is 7.74. The molecule has 0 saturated heterocycles. The lowest BCUT2D eigenvalue weighted by atomic mass is 10.1. The van der Waals surface area contributed by atoms with Gasteiger partial charge in [-0.25, -0.2) is 8.42 Å². The summed E-state index contributed by atoms with van der Waals surface area (Å²) in [6.45, 7) is 5.87. The molecule has 6 nitrogen and oxygen atoms in total. The van der Waals surface area contributed by atoms with Crippen molar-refractivity contribution in [3.8, 4) is 0 Å². The van der Waals surface area contributed by atoms with Crippen LogP contribution in [-0.4, -0.2) is 26.6 Å². The van der Waals surface area contributed by atoms with Crippen LogP contribution in [0.15, 0.2) is 41.0 Å². The first kappa shape index (κ1) is 19.1. The first-order chi connectivity index (χ1) is 11.7. The predicted octanol–water partition coefficient (Wildman–Crippen LogP) is 2.76. The van der Waals surface area contributed by atoms with Gasteiger partial charge >= 0.3 is 0 Å². The van der Waals surface area contributed by atoms with Gasteiger partial charge in [-0.3, -0.25) is 9.10 Å². The first-order valence-electron chi connectivity index (χ1n) is 8.10. The van der Waals surface area contributed by atoms with Gasteiger partial charge in [-0.05, 0) is 55.7 Å². The van der Waals surface area contributed by atoms with Crippen molar-refractivity contribution in [1.82, 2.24) is 5.32 Å². The summed E-state index contributed by atoms with van der Waals surface area (Å²) in [7, 11) is -3.63. The van der Waals surface area contributed by atoms with E-state index in [4.69, 9.17) is 4.42 Å². The van der Waals surface area contributed by atoms with Crippen molar-refractivity contribution in [2.75, 3.05) is 10.6 Å². The van der Waals surface area contributed by atoms with Gasteiger partial charge in [0, 0.05) is 0 Å². The summed E-state index contributed by atoms with van der Waals surface area (Å²) in [6, 6.07) is 8.03. The van der Waals surface area contributed by atoms with Crippen molar-refractivity contribution < 1.29 is 17.6 Å². The number of amides is 1. The molecule has 1 atom stereocenters. The summed E-state index contributed by atoms with van der Waals surface area (Å²) < 4.78 is 31.2. The molecule has 0 aliphatic heterocycles.